The third kappa shape index (κ3) is 5.56. The van der Waals surface area contributed by atoms with Crippen LogP contribution in [0.25, 0.3) is 11.3 Å². The van der Waals surface area contributed by atoms with Gasteiger partial charge in [0.2, 0.25) is 0 Å². The lowest BCUT2D eigenvalue weighted by atomic mass is 10.0. The molecule has 0 unspecified atom stereocenters. The van der Waals surface area contributed by atoms with E-state index in [0.29, 0.717) is 5.69 Å². The topological polar surface area (TPSA) is 12.9 Å². The van der Waals surface area contributed by atoms with E-state index >= 15 is 0 Å². The van der Waals surface area contributed by atoms with Crippen LogP contribution >= 0.6 is 0 Å². The summed E-state index contributed by atoms with van der Waals surface area (Å²) in [5.41, 5.74) is 0.600. The Bertz CT molecular complexity index is 759. The van der Waals surface area contributed by atoms with Gasteiger partial charge in [0.15, 0.2) is 0 Å². The molecule has 0 amide bonds. The maximum absolute atomic E-state index is 13.9. The molecule has 2 aromatic rings. The summed E-state index contributed by atoms with van der Waals surface area (Å²) in [6, 6.07) is 5.33. The second-order valence-electron chi connectivity index (χ2n) is 5.57. The van der Waals surface area contributed by atoms with Gasteiger partial charge in [-0.2, -0.15) is 13.2 Å². The van der Waals surface area contributed by atoms with Crippen LogP contribution in [0.3, 0.4) is 0 Å². The molecule has 2 rings (SSSR count). The van der Waals surface area contributed by atoms with Crippen LogP contribution in [0, 0.1) is 23.5 Å². The molecule has 0 fully saturated rings. The van der Waals surface area contributed by atoms with E-state index in [0.717, 1.165) is 49.3 Å². The first-order chi connectivity index (χ1) is 11.8. The molecule has 1 heterocycles. The van der Waals surface area contributed by atoms with E-state index in [1.54, 1.807) is 12.3 Å². The van der Waals surface area contributed by atoms with Crippen molar-refractivity contribution >= 4 is 0 Å². The Morgan fingerprint density at radius 3 is 2.24 bits per heavy atom. The maximum atomic E-state index is 13.9. The van der Waals surface area contributed by atoms with Crippen LogP contribution in [0.2, 0.25) is 0 Å². The molecule has 6 heteroatoms. The summed E-state index contributed by atoms with van der Waals surface area (Å²) in [6.07, 6.45) is 0.945. The summed E-state index contributed by atoms with van der Waals surface area (Å²) in [5.74, 6) is 0.0529. The fourth-order valence-corrected chi connectivity index (χ4v) is 2.30. The van der Waals surface area contributed by atoms with Crippen molar-refractivity contribution in [1.82, 2.24) is 4.98 Å². The summed E-state index contributed by atoms with van der Waals surface area (Å²) in [7, 11) is 0. The van der Waals surface area contributed by atoms with Crippen molar-refractivity contribution in [1.29, 1.82) is 0 Å². The first-order valence-electron chi connectivity index (χ1n) is 7.84. The SMILES string of the molecule is CCCCCc1ccc(-c2cc(F)c(C#CC(F)(F)F)c(F)c2)nc1. The predicted molar refractivity (Wildman–Crippen MR) is 85.8 cm³/mol. The lowest BCUT2D eigenvalue weighted by molar-refractivity contribution is -0.0696. The van der Waals surface area contributed by atoms with Crippen LogP contribution in [0.15, 0.2) is 30.5 Å². The Morgan fingerprint density at radius 1 is 1.04 bits per heavy atom. The minimum absolute atomic E-state index is 0.146. The quantitative estimate of drug-likeness (QED) is 0.383. The summed E-state index contributed by atoms with van der Waals surface area (Å²) in [6.45, 7) is 2.10. The van der Waals surface area contributed by atoms with Crippen molar-refractivity contribution < 1.29 is 22.0 Å². The number of nitrogens with zero attached hydrogens (tertiary/aromatic N) is 1. The van der Waals surface area contributed by atoms with Crippen molar-refractivity contribution in [3.63, 3.8) is 0 Å². The first kappa shape index (κ1) is 18.9. The molecule has 0 saturated heterocycles. The van der Waals surface area contributed by atoms with E-state index in [9.17, 15) is 22.0 Å². The highest BCUT2D eigenvalue weighted by molar-refractivity contribution is 5.61. The largest absolute Gasteiger partial charge is 0.458 e. The number of alkyl halides is 3. The second kappa shape index (κ2) is 8.11. The van der Waals surface area contributed by atoms with E-state index in [1.165, 1.54) is 5.92 Å². The normalized spacial score (nSPS) is 11.1. The van der Waals surface area contributed by atoms with Gasteiger partial charge in [0, 0.05) is 17.7 Å². The molecule has 1 aromatic carbocycles. The van der Waals surface area contributed by atoms with Crippen molar-refractivity contribution in [2.75, 3.05) is 0 Å². The van der Waals surface area contributed by atoms with Gasteiger partial charge in [-0.15, -0.1) is 0 Å². The molecule has 0 radical (unpaired) electrons. The van der Waals surface area contributed by atoms with Crippen LogP contribution in [0.5, 0.6) is 0 Å². The van der Waals surface area contributed by atoms with Crippen molar-refractivity contribution in [2.45, 2.75) is 38.8 Å². The number of benzene rings is 1. The number of pyridine rings is 1. The van der Waals surface area contributed by atoms with Crippen LogP contribution < -0.4 is 0 Å². The monoisotopic (exact) mass is 353 g/mol. The third-order valence-electron chi connectivity index (χ3n) is 3.56. The number of aryl methyl sites for hydroxylation is 1. The zero-order valence-electron chi connectivity index (χ0n) is 13.6. The Hall–Kier alpha value is -2.42. The van der Waals surface area contributed by atoms with Gasteiger partial charge < -0.3 is 0 Å². The summed E-state index contributed by atoms with van der Waals surface area (Å²) < 4.78 is 64.0. The van der Waals surface area contributed by atoms with Gasteiger partial charge in [-0.05, 0) is 36.6 Å². The standard InChI is InChI=1S/C19H16F5N/c1-2-3-4-5-13-6-7-18(25-12-13)14-10-16(20)15(17(21)11-14)8-9-19(22,23)24/h6-7,10-12H,2-5H2,1H3. The Kier molecular flexibility index (Phi) is 6.13. The number of hydrogen-bond donors (Lipinski definition) is 0. The fraction of sp³-hybridized carbons (Fsp3) is 0.316. The molecule has 1 aromatic heterocycles. The van der Waals surface area contributed by atoms with Crippen LogP contribution in [-0.2, 0) is 6.42 Å². The molecule has 0 aliphatic carbocycles. The Labute approximate surface area is 142 Å². The van der Waals surface area contributed by atoms with Crippen LogP contribution in [0.1, 0.15) is 37.3 Å². The lowest BCUT2D eigenvalue weighted by Gasteiger charge is -2.06. The Balaban J connectivity index is 2.24. The minimum atomic E-state index is -4.81. The minimum Gasteiger partial charge on any atom is -0.256 e. The van der Waals surface area contributed by atoms with E-state index in [1.807, 2.05) is 6.07 Å². The maximum Gasteiger partial charge on any atom is 0.458 e. The average Bonchev–Trinajstić information content (AvgIpc) is 2.54. The zero-order valence-corrected chi connectivity index (χ0v) is 13.6. The highest BCUT2D eigenvalue weighted by Crippen LogP contribution is 2.23. The molecule has 0 bridgehead atoms. The molecular weight excluding hydrogens is 337 g/mol. The average molecular weight is 353 g/mol. The molecule has 0 atom stereocenters. The van der Waals surface area contributed by atoms with Gasteiger partial charge in [-0.25, -0.2) is 8.78 Å². The van der Waals surface area contributed by atoms with Gasteiger partial charge in [0.1, 0.15) is 11.6 Å². The molecule has 0 aliphatic heterocycles. The Morgan fingerprint density at radius 2 is 1.72 bits per heavy atom. The van der Waals surface area contributed by atoms with E-state index in [-0.39, 0.29) is 5.56 Å². The molecule has 0 N–H and O–H groups in total. The molecule has 0 spiro atoms. The van der Waals surface area contributed by atoms with Crippen molar-refractivity contribution in [3.05, 3.63) is 53.2 Å². The van der Waals surface area contributed by atoms with Gasteiger partial charge in [-0.3, -0.25) is 4.98 Å². The molecular formula is C19H16F5N. The van der Waals surface area contributed by atoms with Crippen molar-refractivity contribution in [3.8, 4) is 23.1 Å². The predicted octanol–water partition coefficient (Wildman–Crippen LogP) is 5.67. The number of rotatable bonds is 5. The number of aromatic nitrogens is 1. The molecule has 1 nitrogen and oxygen atoms in total. The van der Waals surface area contributed by atoms with Crippen molar-refractivity contribution in [2.24, 2.45) is 0 Å². The highest BCUT2D eigenvalue weighted by atomic mass is 19.4. The van der Waals surface area contributed by atoms with Crippen LogP contribution in [-0.4, -0.2) is 11.2 Å². The summed E-state index contributed by atoms with van der Waals surface area (Å²) in [5, 5.41) is 0. The fourth-order valence-electron chi connectivity index (χ4n) is 2.30. The smallest absolute Gasteiger partial charge is 0.256 e. The third-order valence-corrected chi connectivity index (χ3v) is 3.56. The first-order valence-corrected chi connectivity index (χ1v) is 7.84. The second-order valence-corrected chi connectivity index (χ2v) is 5.57. The highest BCUT2D eigenvalue weighted by Gasteiger charge is 2.23. The zero-order chi connectivity index (χ0) is 18.4. The van der Waals surface area contributed by atoms with E-state index in [2.05, 4.69) is 11.9 Å². The van der Waals surface area contributed by atoms with Gasteiger partial charge >= 0.3 is 6.18 Å². The number of hydrogen-bond acceptors (Lipinski definition) is 1. The summed E-state index contributed by atoms with van der Waals surface area (Å²) >= 11 is 0. The molecule has 25 heavy (non-hydrogen) atoms. The van der Waals surface area contributed by atoms with Gasteiger partial charge in [0.05, 0.1) is 11.3 Å². The van der Waals surface area contributed by atoms with Gasteiger partial charge in [0.25, 0.3) is 0 Å². The van der Waals surface area contributed by atoms with E-state index in [4.69, 9.17) is 0 Å². The molecule has 132 valence electrons. The molecule has 0 saturated carbocycles. The van der Waals surface area contributed by atoms with Crippen LogP contribution in [0.4, 0.5) is 22.0 Å². The lowest BCUT2D eigenvalue weighted by Crippen LogP contribution is -2.02. The van der Waals surface area contributed by atoms with Gasteiger partial charge in [-0.1, -0.05) is 31.8 Å². The van der Waals surface area contributed by atoms with E-state index < -0.39 is 23.4 Å². The molecule has 0 aliphatic rings. The number of halogens is 5. The number of unbranched alkanes of at least 4 members (excludes halogenated alkanes) is 2. The summed E-state index contributed by atoms with van der Waals surface area (Å²) in [4.78, 5) is 4.18.